The Balaban J connectivity index is 2.53. The number of carbonyl (C=O) groups is 2. The number of nitrogens with zero attached hydrogens (tertiary/aromatic N) is 1. The SMILES string of the molecule is CCCC1CCC(=O)N(CC=C(C)C(=O)O)CC1. The van der Waals surface area contributed by atoms with Gasteiger partial charge >= 0.3 is 5.97 Å². The van der Waals surface area contributed by atoms with E-state index in [1.54, 1.807) is 17.9 Å². The molecule has 1 aliphatic rings. The average Bonchev–Trinajstić information content (AvgIpc) is 2.50. The van der Waals surface area contributed by atoms with E-state index in [4.69, 9.17) is 5.11 Å². The van der Waals surface area contributed by atoms with E-state index < -0.39 is 5.97 Å². The molecule has 0 aromatic carbocycles. The molecule has 1 N–H and O–H groups in total. The summed E-state index contributed by atoms with van der Waals surface area (Å²) in [7, 11) is 0. The number of rotatable bonds is 5. The van der Waals surface area contributed by atoms with Crippen LogP contribution in [0.1, 0.15) is 46.0 Å². The van der Waals surface area contributed by atoms with Crippen LogP contribution >= 0.6 is 0 Å². The van der Waals surface area contributed by atoms with Gasteiger partial charge in [-0.1, -0.05) is 25.8 Å². The summed E-state index contributed by atoms with van der Waals surface area (Å²) in [5, 5.41) is 8.77. The van der Waals surface area contributed by atoms with E-state index in [0.717, 1.165) is 25.8 Å². The Morgan fingerprint density at radius 2 is 2.22 bits per heavy atom. The molecule has 4 heteroatoms. The van der Waals surface area contributed by atoms with Crippen LogP contribution < -0.4 is 0 Å². The minimum Gasteiger partial charge on any atom is -0.478 e. The van der Waals surface area contributed by atoms with Crippen molar-refractivity contribution in [1.82, 2.24) is 4.90 Å². The lowest BCUT2D eigenvalue weighted by Gasteiger charge is -2.19. The van der Waals surface area contributed by atoms with E-state index >= 15 is 0 Å². The van der Waals surface area contributed by atoms with Crippen LogP contribution in [0.15, 0.2) is 11.6 Å². The first-order chi connectivity index (χ1) is 8.54. The van der Waals surface area contributed by atoms with Crippen molar-refractivity contribution in [3.63, 3.8) is 0 Å². The van der Waals surface area contributed by atoms with Crippen LogP contribution in [0.25, 0.3) is 0 Å². The molecule has 1 aliphatic heterocycles. The Hall–Kier alpha value is -1.32. The molecule has 102 valence electrons. The molecular weight excluding hydrogens is 230 g/mol. The molecule has 1 atom stereocenters. The number of carbonyl (C=O) groups excluding carboxylic acids is 1. The number of aliphatic carboxylic acids is 1. The zero-order valence-electron chi connectivity index (χ0n) is 11.3. The maximum Gasteiger partial charge on any atom is 0.331 e. The molecule has 18 heavy (non-hydrogen) atoms. The van der Waals surface area contributed by atoms with Gasteiger partial charge < -0.3 is 10.0 Å². The van der Waals surface area contributed by atoms with Gasteiger partial charge in [-0.25, -0.2) is 4.79 Å². The first-order valence-electron chi connectivity index (χ1n) is 6.72. The Labute approximate surface area is 109 Å². The van der Waals surface area contributed by atoms with E-state index in [9.17, 15) is 9.59 Å². The van der Waals surface area contributed by atoms with Crippen molar-refractivity contribution >= 4 is 11.9 Å². The van der Waals surface area contributed by atoms with Crippen molar-refractivity contribution in [2.24, 2.45) is 5.92 Å². The van der Waals surface area contributed by atoms with Crippen LogP contribution in [0, 0.1) is 5.92 Å². The number of hydrogen-bond acceptors (Lipinski definition) is 2. The van der Waals surface area contributed by atoms with Crippen molar-refractivity contribution in [3.8, 4) is 0 Å². The van der Waals surface area contributed by atoms with Gasteiger partial charge in [-0.3, -0.25) is 4.79 Å². The van der Waals surface area contributed by atoms with E-state index in [0.29, 0.717) is 24.5 Å². The fourth-order valence-electron chi connectivity index (χ4n) is 2.32. The van der Waals surface area contributed by atoms with Crippen molar-refractivity contribution < 1.29 is 14.7 Å². The maximum atomic E-state index is 11.9. The fourth-order valence-corrected chi connectivity index (χ4v) is 2.32. The summed E-state index contributed by atoms with van der Waals surface area (Å²) in [6.07, 6.45) is 6.59. The molecule has 1 saturated heterocycles. The van der Waals surface area contributed by atoms with Gasteiger partial charge in [0.1, 0.15) is 0 Å². The summed E-state index contributed by atoms with van der Waals surface area (Å²) in [4.78, 5) is 24.4. The zero-order chi connectivity index (χ0) is 13.5. The van der Waals surface area contributed by atoms with Crippen molar-refractivity contribution in [3.05, 3.63) is 11.6 Å². The molecular formula is C14H23NO3. The highest BCUT2D eigenvalue weighted by Crippen LogP contribution is 2.22. The normalized spacial score (nSPS) is 21.9. The molecule has 1 heterocycles. The molecule has 0 aromatic heterocycles. The highest BCUT2D eigenvalue weighted by Gasteiger charge is 2.21. The first kappa shape index (κ1) is 14.7. The molecule has 0 aliphatic carbocycles. The highest BCUT2D eigenvalue weighted by molar-refractivity contribution is 5.86. The lowest BCUT2D eigenvalue weighted by molar-refractivity contribution is -0.133. The second-order valence-electron chi connectivity index (χ2n) is 5.01. The smallest absolute Gasteiger partial charge is 0.331 e. The van der Waals surface area contributed by atoms with Crippen LogP contribution in [0.2, 0.25) is 0 Å². The van der Waals surface area contributed by atoms with Crippen molar-refractivity contribution in [2.75, 3.05) is 13.1 Å². The van der Waals surface area contributed by atoms with Crippen LogP contribution in [0.3, 0.4) is 0 Å². The molecule has 0 aromatic rings. The van der Waals surface area contributed by atoms with Gasteiger partial charge in [0.25, 0.3) is 0 Å². The maximum absolute atomic E-state index is 11.9. The second-order valence-corrected chi connectivity index (χ2v) is 5.01. The van der Waals surface area contributed by atoms with Gasteiger partial charge in [0.15, 0.2) is 0 Å². The molecule has 0 saturated carbocycles. The summed E-state index contributed by atoms with van der Waals surface area (Å²) in [6.45, 7) is 4.91. The lowest BCUT2D eigenvalue weighted by Crippen LogP contribution is -2.30. The Morgan fingerprint density at radius 1 is 1.50 bits per heavy atom. The van der Waals surface area contributed by atoms with Gasteiger partial charge in [-0.05, 0) is 25.7 Å². The molecule has 1 unspecified atom stereocenters. The standard InChI is InChI=1S/C14H23NO3/c1-3-4-12-5-6-13(16)15(10-8-12)9-7-11(2)14(17)18/h7,12H,3-6,8-10H2,1-2H3,(H,17,18). The van der Waals surface area contributed by atoms with E-state index in [-0.39, 0.29) is 5.91 Å². The summed E-state index contributed by atoms with van der Waals surface area (Å²) in [5.41, 5.74) is 0.303. The van der Waals surface area contributed by atoms with Crippen LogP contribution in [-0.4, -0.2) is 35.0 Å². The lowest BCUT2D eigenvalue weighted by atomic mass is 9.96. The fraction of sp³-hybridized carbons (Fsp3) is 0.714. The quantitative estimate of drug-likeness (QED) is 0.766. The number of carboxylic acids is 1. The third-order valence-corrected chi connectivity index (χ3v) is 3.58. The second kappa shape index (κ2) is 7.19. The third kappa shape index (κ3) is 4.51. The summed E-state index contributed by atoms with van der Waals surface area (Å²) in [5.74, 6) is -0.113. The summed E-state index contributed by atoms with van der Waals surface area (Å²) >= 11 is 0. The molecule has 0 radical (unpaired) electrons. The van der Waals surface area contributed by atoms with Crippen molar-refractivity contribution in [1.29, 1.82) is 0 Å². The molecule has 4 nitrogen and oxygen atoms in total. The van der Waals surface area contributed by atoms with E-state index in [1.807, 2.05) is 0 Å². The topological polar surface area (TPSA) is 57.6 Å². The van der Waals surface area contributed by atoms with Gasteiger partial charge in [0, 0.05) is 25.1 Å². The van der Waals surface area contributed by atoms with Crippen LogP contribution in [0.4, 0.5) is 0 Å². The van der Waals surface area contributed by atoms with Crippen LogP contribution in [-0.2, 0) is 9.59 Å². The monoisotopic (exact) mass is 253 g/mol. The first-order valence-corrected chi connectivity index (χ1v) is 6.72. The summed E-state index contributed by atoms with van der Waals surface area (Å²) in [6, 6.07) is 0. The van der Waals surface area contributed by atoms with Crippen LogP contribution in [0.5, 0.6) is 0 Å². The molecule has 1 amide bonds. The van der Waals surface area contributed by atoms with Gasteiger partial charge in [0.05, 0.1) is 0 Å². The predicted molar refractivity (Wildman–Crippen MR) is 70.2 cm³/mol. The number of hydrogen-bond donors (Lipinski definition) is 1. The Bertz CT molecular complexity index is 336. The molecule has 1 fully saturated rings. The molecule has 0 bridgehead atoms. The number of amides is 1. The number of carboxylic acid groups (broad SMARTS) is 1. The van der Waals surface area contributed by atoms with Gasteiger partial charge in [-0.2, -0.15) is 0 Å². The highest BCUT2D eigenvalue weighted by atomic mass is 16.4. The average molecular weight is 253 g/mol. The Morgan fingerprint density at radius 3 is 2.83 bits per heavy atom. The predicted octanol–water partition coefficient (Wildman–Crippen LogP) is 2.45. The van der Waals surface area contributed by atoms with Gasteiger partial charge in [0.2, 0.25) is 5.91 Å². The largest absolute Gasteiger partial charge is 0.478 e. The third-order valence-electron chi connectivity index (χ3n) is 3.58. The Kier molecular flexibility index (Phi) is 5.89. The summed E-state index contributed by atoms with van der Waals surface area (Å²) < 4.78 is 0. The van der Waals surface area contributed by atoms with Crippen molar-refractivity contribution in [2.45, 2.75) is 46.0 Å². The molecule has 0 spiro atoms. The minimum atomic E-state index is -0.916. The molecule has 1 rings (SSSR count). The number of likely N-dealkylation sites (tertiary alicyclic amines) is 1. The van der Waals surface area contributed by atoms with E-state index in [2.05, 4.69) is 6.92 Å². The zero-order valence-corrected chi connectivity index (χ0v) is 11.3. The minimum absolute atomic E-state index is 0.156. The van der Waals surface area contributed by atoms with Gasteiger partial charge in [-0.15, -0.1) is 0 Å². The van der Waals surface area contributed by atoms with E-state index in [1.165, 1.54) is 6.42 Å².